The van der Waals surface area contributed by atoms with Crippen LogP contribution in [0.1, 0.15) is 48.3 Å². The van der Waals surface area contributed by atoms with Gasteiger partial charge in [-0.3, -0.25) is 0 Å². The molecule has 0 aliphatic heterocycles. The van der Waals surface area contributed by atoms with Gasteiger partial charge in [0, 0.05) is 23.5 Å². The van der Waals surface area contributed by atoms with Crippen LogP contribution in [0.2, 0.25) is 0 Å². The first-order valence-electron chi connectivity index (χ1n) is 9.63. The van der Waals surface area contributed by atoms with Gasteiger partial charge in [0.1, 0.15) is 5.82 Å². The van der Waals surface area contributed by atoms with Gasteiger partial charge < -0.3 is 11.1 Å². The van der Waals surface area contributed by atoms with E-state index in [0.717, 1.165) is 11.1 Å². The molecule has 0 bridgehead atoms. The van der Waals surface area contributed by atoms with Crippen molar-refractivity contribution >= 4 is 12.0 Å². The molecule has 0 amide bonds. The zero-order valence-corrected chi connectivity index (χ0v) is 15.7. The molecule has 2 aromatic carbocycles. The fourth-order valence-electron chi connectivity index (χ4n) is 4.25. The number of rotatable bonds is 4. The summed E-state index contributed by atoms with van der Waals surface area (Å²) in [6, 6.07) is 17.3. The topological polar surface area (TPSA) is 62.8 Å². The summed E-state index contributed by atoms with van der Waals surface area (Å²) in [5, 5.41) is 7.58. The molecule has 27 heavy (non-hydrogen) atoms. The Morgan fingerprint density at radius 3 is 2.59 bits per heavy atom. The van der Waals surface area contributed by atoms with Gasteiger partial charge >= 0.3 is 0 Å². The van der Waals surface area contributed by atoms with E-state index in [1.807, 2.05) is 6.07 Å². The molecule has 3 N–H and O–H groups in total. The van der Waals surface area contributed by atoms with Crippen LogP contribution in [-0.2, 0) is 0 Å². The zero-order chi connectivity index (χ0) is 18.8. The standard InChI is InChI=1S/C24H25N3/c1-16-6-4-11-22(21-13-20(14-25)24(26)27-15-21)23(16)19-10-5-9-18(12-19)17-7-2-3-8-17/h4-6,9-15,17,25H,2-3,7-8H2,1H3,(H2,26,27). The van der Waals surface area contributed by atoms with E-state index in [0.29, 0.717) is 17.3 Å². The highest BCUT2D eigenvalue weighted by Crippen LogP contribution is 2.39. The fraction of sp³-hybridized carbons (Fsp3) is 0.250. The lowest BCUT2D eigenvalue weighted by atomic mass is 9.88. The molecular weight excluding hydrogens is 330 g/mol. The van der Waals surface area contributed by atoms with Crippen LogP contribution in [0.25, 0.3) is 22.3 Å². The Hall–Kier alpha value is -2.94. The van der Waals surface area contributed by atoms with Crippen molar-refractivity contribution in [2.24, 2.45) is 0 Å². The molecule has 0 radical (unpaired) electrons. The number of nitrogens with zero attached hydrogens (tertiary/aromatic N) is 1. The fourth-order valence-corrected chi connectivity index (χ4v) is 4.25. The Morgan fingerprint density at radius 1 is 1.04 bits per heavy atom. The smallest absolute Gasteiger partial charge is 0.132 e. The van der Waals surface area contributed by atoms with Gasteiger partial charge in [0.15, 0.2) is 0 Å². The number of benzene rings is 2. The number of anilines is 1. The van der Waals surface area contributed by atoms with Gasteiger partial charge in [0.2, 0.25) is 0 Å². The zero-order valence-electron chi connectivity index (χ0n) is 15.7. The van der Waals surface area contributed by atoms with Crippen molar-refractivity contribution in [1.82, 2.24) is 4.98 Å². The summed E-state index contributed by atoms with van der Waals surface area (Å²) in [5.41, 5.74) is 13.8. The van der Waals surface area contributed by atoms with Crippen LogP contribution in [0.15, 0.2) is 54.7 Å². The van der Waals surface area contributed by atoms with Crippen LogP contribution in [-0.4, -0.2) is 11.2 Å². The Bertz CT molecular complexity index is 985. The summed E-state index contributed by atoms with van der Waals surface area (Å²) in [4.78, 5) is 4.30. The Balaban J connectivity index is 1.85. The van der Waals surface area contributed by atoms with Crippen molar-refractivity contribution in [3.63, 3.8) is 0 Å². The van der Waals surface area contributed by atoms with Gasteiger partial charge in [-0.1, -0.05) is 55.3 Å². The van der Waals surface area contributed by atoms with Crippen molar-refractivity contribution < 1.29 is 0 Å². The maximum absolute atomic E-state index is 7.58. The average molecular weight is 355 g/mol. The molecule has 0 unspecified atom stereocenters. The number of aryl methyl sites for hydroxylation is 1. The molecule has 3 aromatic rings. The summed E-state index contributed by atoms with van der Waals surface area (Å²) >= 11 is 0. The van der Waals surface area contributed by atoms with Crippen LogP contribution in [0.5, 0.6) is 0 Å². The minimum absolute atomic E-state index is 0.395. The number of hydrogen-bond acceptors (Lipinski definition) is 3. The molecule has 0 atom stereocenters. The van der Waals surface area contributed by atoms with E-state index in [1.165, 1.54) is 54.2 Å². The molecule has 4 rings (SSSR count). The lowest BCUT2D eigenvalue weighted by Crippen LogP contribution is -1.98. The summed E-state index contributed by atoms with van der Waals surface area (Å²) in [7, 11) is 0. The van der Waals surface area contributed by atoms with Gasteiger partial charge in [-0.15, -0.1) is 0 Å². The molecule has 3 nitrogen and oxygen atoms in total. The monoisotopic (exact) mass is 355 g/mol. The van der Waals surface area contributed by atoms with Crippen molar-refractivity contribution in [1.29, 1.82) is 5.41 Å². The van der Waals surface area contributed by atoms with E-state index in [1.54, 1.807) is 6.20 Å². The quantitative estimate of drug-likeness (QED) is 0.567. The Labute approximate surface area is 160 Å². The third-order valence-electron chi connectivity index (χ3n) is 5.69. The normalized spacial score (nSPS) is 14.4. The second kappa shape index (κ2) is 7.36. The third-order valence-corrected chi connectivity index (χ3v) is 5.69. The molecule has 136 valence electrons. The van der Waals surface area contributed by atoms with Gasteiger partial charge in [0.25, 0.3) is 0 Å². The summed E-state index contributed by atoms with van der Waals surface area (Å²) in [5.74, 6) is 1.09. The first-order chi connectivity index (χ1) is 13.2. The number of pyridine rings is 1. The SMILES string of the molecule is Cc1cccc(-c2cnc(N)c(C=N)c2)c1-c1cccc(C2CCCC2)c1. The van der Waals surface area contributed by atoms with Crippen molar-refractivity contribution in [2.45, 2.75) is 38.5 Å². The van der Waals surface area contributed by atoms with E-state index >= 15 is 0 Å². The third kappa shape index (κ3) is 3.37. The minimum atomic E-state index is 0.395. The van der Waals surface area contributed by atoms with Gasteiger partial charge in [-0.2, -0.15) is 0 Å². The molecule has 1 saturated carbocycles. The van der Waals surface area contributed by atoms with Gasteiger partial charge in [-0.25, -0.2) is 4.98 Å². The second-order valence-corrected chi connectivity index (χ2v) is 7.45. The van der Waals surface area contributed by atoms with Crippen LogP contribution in [0.3, 0.4) is 0 Å². The molecule has 1 aliphatic carbocycles. The number of nitrogens with one attached hydrogen (secondary N) is 1. The number of nitrogen functional groups attached to an aromatic ring is 1. The molecule has 0 spiro atoms. The summed E-state index contributed by atoms with van der Waals surface area (Å²) < 4.78 is 0. The molecular formula is C24H25N3. The van der Waals surface area contributed by atoms with Crippen molar-refractivity contribution in [2.75, 3.05) is 5.73 Å². The predicted octanol–water partition coefficient (Wildman–Crippen LogP) is 5.96. The van der Waals surface area contributed by atoms with E-state index in [2.05, 4.69) is 54.4 Å². The predicted molar refractivity (Wildman–Crippen MR) is 113 cm³/mol. The number of aromatic nitrogens is 1. The van der Waals surface area contributed by atoms with Crippen LogP contribution in [0, 0.1) is 12.3 Å². The van der Waals surface area contributed by atoms with E-state index in [9.17, 15) is 0 Å². The van der Waals surface area contributed by atoms with E-state index in [-0.39, 0.29) is 0 Å². The Kier molecular flexibility index (Phi) is 4.76. The maximum Gasteiger partial charge on any atom is 0.132 e. The van der Waals surface area contributed by atoms with Crippen LogP contribution < -0.4 is 5.73 Å². The lowest BCUT2D eigenvalue weighted by molar-refractivity contribution is 0.723. The molecule has 3 heteroatoms. The van der Waals surface area contributed by atoms with E-state index in [4.69, 9.17) is 11.1 Å². The highest BCUT2D eigenvalue weighted by Gasteiger charge is 2.18. The first kappa shape index (κ1) is 17.5. The van der Waals surface area contributed by atoms with Crippen molar-refractivity contribution in [3.8, 4) is 22.3 Å². The molecule has 0 saturated heterocycles. The van der Waals surface area contributed by atoms with E-state index < -0.39 is 0 Å². The average Bonchev–Trinajstić information content (AvgIpc) is 3.23. The van der Waals surface area contributed by atoms with Crippen molar-refractivity contribution in [3.05, 3.63) is 71.4 Å². The van der Waals surface area contributed by atoms with Crippen LogP contribution in [0.4, 0.5) is 5.82 Å². The van der Waals surface area contributed by atoms with Crippen LogP contribution >= 0.6 is 0 Å². The number of hydrogen-bond donors (Lipinski definition) is 2. The van der Waals surface area contributed by atoms with Gasteiger partial charge in [0.05, 0.1) is 0 Å². The summed E-state index contributed by atoms with van der Waals surface area (Å²) in [6.45, 7) is 2.16. The van der Waals surface area contributed by atoms with Gasteiger partial charge in [-0.05, 0) is 59.6 Å². The molecule has 1 aromatic heterocycles. The summed E-state index contributed by atoms with van der Waals surface area (Å²) in [6.07, 6.45) is 8.36. The Morgan fingerprint density at radius 2 is 1.81 bits per heavy atom. The minimum Gasteiger partial charge on any atom is -0.383 e. The highest BCUT2D eigenvalue weighted by atomic mass is 14.8. The maximum atomic E-state index is 7.58. The molecule has 1 fully saturated rings. The molecule has 1 aliphatic rings. The number of nitrogens with two attached hydrogens (primary N) is 1. The largest absolute Gasteiger partial charge is 0.383 e. The lowest BCUT2D eigenvalue weighted by Gasteiger charge is -2.16. The second-order valence-electron chi connectivity index (χ2n) is 7.45. The molecule has 1 heterocycles. The highest BCUT2D eigenvalue weighted by molar-refractivity contribution is 5.90. The first-order valence-corrected chi connectivity index (χ1v) is 9.63.